The first-order chi connectivity index (χ1) is 14.4. The molecule has 1 heterocycles. The molecule has 0 fully saturated rings. The highest BCUT2D eigenvalue weighted by molar-refractivity contribution is 6.42. The Balaban J connectivity index is 1.59. The van der Waals surface area contributed by atoms with Crippen LogP contribution in [-0.2, 0) is 19.6 Å². The zero-order valence-electron chi connectivity index (χ0n) is 16.5. The number of hydrogen-bond donors (Lipinski definition) is 1. The second-order valence-corrected chi connectivity index (χ2v) is 7.76. The highest BCUT2D eigenvalue weighted by Crippen LogP contribution is 2.23. The van der Waals surface area contributed by atoms with Crippen LogP contribution in [0.15, 0.2) is 53.1 Å². The van der Waals surface area contributed by atoms with Crippen molar-refractivity contribution in [2.75, 3.05) is 6.54 Å². The predicted octanol–water partition coefficient (Wildman–Crippen LogP) is 5.46. The van der Waals surface area contributed by atoms with Gasteiger partial charge in [-0.2, -0.15) is 0 Å². The summed E-state index contributed by atoms with van der Waals surface area (Å²) in [7, 11) is 0. The zero-order valence-corrected chi connectivity index (χ0v) is 18.0. The molecule has 0 aliphatic rings. The molecule has 0 aliphatic heterocycles. The standard InChI is InChI=1S/C22H22Cl2FN3O2/c1-2-9-28(13-16-5-8-19(23)20(24)10-16)14-18-11-21(27-30-18)22(29)26-12-15-3-6-17(25)7-4-15/h3-8,10-11H,2,9,12-14H2,1H3,(H,26,29). The molecule has 0 spiro atoms. The first-order valence-corrected chi connectivity index (χ1v) is 10.3. The second-order valence-electron chi connectivity index (χ2n) is 6.95. The Morgan fingerprint density at radius 3 is 2.50 bits per heavy atom. The van der Waals surface area contributed by atoms with E-state index in [1.165, 1.54) is 12.1 Å². The van der Waals surface area contributed by atoms with Gasteiger partial charge in [0.1, 0.15) is 5.82 Å². The molecule has 5 nitrogen and oxygen atoms in total. The van der Waals surface area contributed by atoms with Gasteiger partial charge in [-0.15, -0.1) is 0 Å². The van der Waals surface area contributed by atoms with E-state index in [0.29, 0.717) is 28.9 Å². The van der Waals surface area contributed by atoms with Gasteiger partial charge >= 0.3 is 0 Å². The average molecular weight is 450 g/mol. The summed E-state index contributed by atoms with van der Waals surface area (Å²) in [6.07, 6.45) is 0.959. The molecular formula is C22H22Cl2FN3O2. The van der Waals surface area contributed by atoms with Gasteiger partial charge in [0.25, 0.3) is 5.91 Å². The predicted molar refractivity (Wildman–Crippen MR) is 115 cm³/mol. The van der Waals surface area contributed by atoms with Crippen molar-refractivity contribution in [3.63, 3.8) is 0 Å². The van der Waals surface area contributed by atoms with E-state index in [1.807, 2.05) is 12.1 Å². The van der Waals surface area contributed by atoms with Crippen molar-refractivity contribution in [3.05, 3.63) is 87.0 Å². The number of hydrogen-bond acceptors (Lipinski definition) is 4. The highest BCUT2D eigenvalue weighted by Gasteiger charge is 2.15. The van der Waals surface area contributed by atoms with E-state index in [4.69, 9.17) is 27.7 Å². The summed E-state index contributed by atoms with van der Waals surface area (Å²) in [4.78, 5) is 14.5. The van der Waals surface area contributed by atoms with Crippen LogP contribution in [0.2, 0.25) is 10.0 Å². The van der Waals surface area contributed by atoms with E-state index < -0.39 is 0 Å². The zero-order chi connectivity index (χ0) is 21.5. The monoisotopic (exact) mass is 449 g/mol. The van der Waals surface area contributed by atoms with E-state index in [-0.39, 0.29) is 24.0 Å². The van der Waals surface area contributed by atoms with Crippen molar-refractivity contribution in [3.8, 4) is 0 Å². The topological polar surface area (TPSA) is 58.4 Å². The molecule has 3 aromatic rings. The molecule has 1 N–H and O–H groups in total. The van der Waals surface area contributed by atoms with Crippen molar-refractivity contribution < 1.29 is 13.7 Å². The molecule has 0 saturated carbocycles. The Morgan fingerprint density at radius 2 is 1.80 bits per heavy atom. The smallest absolute Gasteiger partial charge is 0.273 e. The minimum absolute atomic E-state index is 0.207. The molecule has 158 valence electrons. The van der Waals surface area contributed by atoms with Crippen LogP contribution in [0.25, 0.3) is 0 Å². The number of amides is 1. The largest absolute Gasteiger partial charge is 0.359 e. The van der Waals surface area contributed by atoms with Crippen molar-refractivity contribution in [1.29, 1.82) is 0 Å². The third-order valence-corrected chi connectivity index (χ3v) is 5.21. The van der Waals surface area contributed by atoms with Gasteiger partial charge in [0, 0.05) is 19.2 Å². The van der Waals surface area contributed by atoms with Gasteiger partial charge in [-0.25, -0.2) is 4.39 Å². The molecule has 0 unspecified atom stereocenters. The van der Waals surface area contributed by atoms with Gasteiger partial charge in [0.2, 0.25) is 0 Å². The van der Waals surface area contributed by atoms with Gasteiger partial charge in [0.15, 0.2) is 11.5 Å². The number of benzene rings is 2. The number of carbonyl (C=O) groups excluding carboxylic acids is 1. The van der Waals surface area contributed by atoms with Crippen LogP contribution >= 0.6 is 23.2 Å². The first-order valence-electron chi connectivity index (χ1n) is 9.59. The van der Waals surface area contributed by atoms with Crippen LogP contribution < -0.4 is 5.32 Å². The van der Waals surface area contributed by atoms with Gasteiger partial charge in [-0.05, 0) is 48.4 Å². The molecule has 0 atom stereocenters. The summed E-state index contributed by atoms with van der Waals surface area (Å²) >= 11 is 12.1. The van der Waals surface area contributed by atoms with E-state index in [9.17, 15) is 9.18 Å². The molecule has 3 rings (SSSR count). The van der Waals surface area contributed by atoms with E-state index in [1.54, 1.807) is 24.3 Å². The Morgan fingerprint density at radius 1 is 1.07 bits per heavy atom. The average Bonchev–Trinajstić information content (AvgIpc) is 3.19. The van der Waals surface area contributed by atoms with Crippen molar-refractivity contribution in [1.82, 2.24) is 15.4 Å². The highest BCUT2D eigenvalue weighted by atomic mass is 35.5. The fourth-order valence-corrected chi connectivity index (χ4v) is 3.34. The summed E-state index contributed by atoms with van der Waals surface area (Å²) in [5, 5.41) is 7.67. The molecule has 30 heavy (non-hydrogen) atoms. The fourth-order valence-electron chi connectivity index (χ4n) is 3.02. The normalized spacial score (nSPS) is 11.1. The van der Waals surface area contributed by atoms with Crippen molar-refractivity contribution >= 4 is 29.1 Å². The van der Waals surface area contributed by atoms with Crippen LogP contribution in [-0.4, -0.2) is 22.5 Å². The third kappa shape index (κ3) is 6.29. The fraction of sp³-hybridized carbons (Fsp3) is 0.273. The minimum atomic E-state index is -0.346. The van der Waals surface area contributed by atoms with Gasteiger partial charge < -0.3 is 9.84 Å². The number of rotatable bonds is 9. The van der Waals surface area contributed by atoms with Crippen LogP contribution in [0.4, 0.5) is 4.39 Å². The van der Waals surface area contributed by atoms with Crippen LogP contribution in [0.1, 0.15) is 40.7 Å². The van der Waals surface area contributed by atoms with Gasteiger partial charge in [0.05, 0.1) is 16.6 Å². The maximum atomic E-state index is 13.0. The van der Waals surface area contributed by atoms with Crippen molar-refractivity contribution in [2.45, 2.75) is 33.0 Å². The lowest BCUT2D eigenvalue weighted by Crippen LogP contribution is -2.24. The van der Waals surface area contributed by atoms with E-state index >= 15 is 0 Å². The van der Waals surface area contributed by atoms with Crippen molar-refractivity contribution in [2.24, 2.45) is 0 Å². The summed E-state index contributed by atoms with van der Waals surface area (Å²) in [6, 6.07) is 13.1. The van der Waals surface area contributed by atoms with Crippen LogP contribution in [0.5, 0.6) is 0 Å². The third-order valence-electron chi connectivity index (χ3n) is 4.47. The Bertz CT molecular complexity index is 992. The van der Waals surface area contributed by atoms with E-state index in [0.717, 1.165) is 24.1 Å². The molecule has 1 aromatic heterocycles. The molecule has 0 bridgehead atoms. The number of nitrogens with zero attached hydrogens (tertiary/aromatic N) is 2. The molecule has 0 saturated heterocycles. The molecule has 8 heteroatoms. The number of nitrogens with one attached hydrogen (secondary N) is 1. The molecule has 0 radical (unpaired) electrons. The van der Waals surface area contributed by atoms with Gasteiger partial charge in [-0.3, -0.25) is 9.69 Å². The minimum Gasteiger partial charge on any atom is -0.359 e. The van der Waals surface area contributed by atoms with E-state index in [2.05, 4.69) is 22.3 Å². The summed E-state index contributed by atoms with van der Waals surface area (Å²) < 4.78 is 18.3. The Hall–Kier alpha value is -2.41. The maximum Gasteiger partial charge on any atom is 0.273 e. The summed E-state index contributed by atoms with van der Waals surface area (Å²) in [5.41, 5.74) is 2.04. The molecule has 1 amide bonds. The van der Waals surface area contributed by atoms with Crippen LogP contribution in [0.3, 0.4) is 0 Å². The molecule has 2 aromatic carbocycles. The number of carbonyl (C=O) groups is 1. The lowest BCUT2D eigenvalue weighted by Gasteiger charge is -2.20. The molecule has 0 aliphatic carbocycles. The quantitative estimate of drug-likeness (QED) is 0.470. The SMILES string of the molecule is CCCN(Cc1ccc(Cl)c(Cl)c1)Cc1cc(C(=O)NCc2ccc(F)cc2)no1. The molecular weight excluding hydrogens is 428 g/mol. The first kappa shape index (κ1) is 22.3. The summed E-state index contributed by atoms with van der Waals surface area (Å²) in [5.74, 6) is -0.0694. The maximum absolute atomic E-state index is 13.0. The summed E-state index contributed by atoms with van der Waals surface area (Å²) in [6.45, 7) is 4.38. The Labute approximate surface area is 184 Å². The Kier molecular flexibility index (Phi) is 7.85. The van der Waals surface area contributed by atoms with Gasteiger partial charge in [-0.1, -0.05) is 53.5 Å². The van der Waals surface area contributed by atoms with Crippen LogP contribution in [0, 0.1) is 5.82 Å². The number of aromatic nitrogens is 1. The lowest BCUT2D eigenvalue weighted by atomic mass is 10.2. The lowest BCUT2D eigenvalue weighted by molar-refractivity contribution is 0.0941. The second kappa shape index (κ2) is 10.6. The number of halogens is 3.